The van der Waals surface area contributed by atoms with E-state index in [9.17, 15) is 13.2 Å². The molecule has 2 N–H and O–H groups in total. The third-order valence-corrected chi connectivity index (χ3v) is 7.60. The van der Waals surface area contributed by atoms with Crippen LogP contribution in [-0.2, 0) is 21.4 Å². The van der Waals surface area contributed by atoms with Gasteiger partial charge in [-0.2, -0.15) is 4.31 Å². The van der Waals surface area contributed by atoms with Crippen molar-refractivity contribution < 1.29 is 13.2 Å². The van der Waals surface area contributed by atoms with Gasteiger partial charge < -0.3 is 10.3 Å². The Morgan fingerprint density at radius 1 is 1.30 bits per heavy atom. The molecule has 0 aliphatic rings. The lowest BCUT2D eigenvalue weighted by Gasteiger charge is -2.18. The molecule has 0 aliphatic carbocycles. The number of thioether (sulfide) groups is 1. The number of amides is 1. The monoisotopic (exact) mass is 412 g/mol. The third-order valence-electron chi connectivity index (χ3n) is 4.45. The molecule has 0 saturated carbocycles. The highest BCUT2D eigenvalue weighted by Crippen LogP contribution is 2.29. The van der Waals surface area contributed by atoms with Crippen LogP contribution in [0.15, 0.2) is 28.3 Å². The van der Waals surface area contributed by atoms with Crippen LogP contribution in [0.3, 0.4) is 0 Å². The number of primary amides is 1. The molecule has 1 aromatic carbocycles. The molecule has 0 saturated heterocycles. The van der Waals surface area contributed by atoms with E-state index in [-0.39, 0.29) is 4.90 Å². The largest absolute Gasteiger partial charge is 0.369 e. The highest BCUT2D eigenvalue weighted by Gasteiger charge is 2.24. The number of benzene rings is 1. The number of nitrogens with two attached hydrogens (primary N) is 1. The van der Waals surface area contributed by atoms with Crippen molar-refractivity contribution in [3.8, 4) is 0 Å². The molecular formula is C18H28N4O3S2. The second-order valence-corrected chi connectivity index (χ2v) is 9.55. The summed E-state index contributed by atoms with van der Waals surface area (Å²) in [5, 5.41) is 0.267. The van der Waals surface area contributed by atoms with E-state index in [0.29, 0.717) is 23.8 Å². The van der Waals surface area contributed by atoms with E-state index in [2.05, 4.69) is 11.9 Å². The number of imidazole rings is 1. The van der Waals surface area contributed by atoms with Gasteiger partial charge >= 0.3 is 0 Å². The van der Waals surface area contributed by atoms with Crippen molar-refractivity contribution in [2.45, 2.75) is 62.4 Å². The summed E-state index contributed by atoms with van der Waals surface area (Å²) >= 11 is 1.30. The van der Waals surface area contributed by atoms with Crippen LogP contribution >= 0.6 is 11.8 Å². The highest BCUT2D eigenvalue weighted by molar-refractivity contribution is 8.00. The molecule has 0 unspecified atom stereocenters. The average Bonchev–Trinajstić information content (AvgIpc) is 2.96. The number of carbonyl (C=O) groups is 1. The fourth-order valence-electron chi connectivity index (χ4n) is 2.80. The van der Waals surface area contributed by atoms with Crippen LogP contribution in [0.4, 0.5) is 0 Å². The Labute approximate surface area is 165 Å². The van der Waals surface area contributed by atoms with E-state index in [4.69, 9.17) is 5.73 Å². The third kappa shape index (κ3) is 4.64. The van der Waals surface area contributed by atoms with Crippen molar-refractivity contribution in [1.29, 1.82) is 0 Å². The summed E-state index contributed by atoms with van der Waals surface area (Å²) in [5.41, 5.74) is 6.86. The minimum Gasteiger partial charge on any atom is -0.369 e. The molecule has 1 heterocycles. The van der Waals surface area contributed by atoms with Crippen molar-refractivity contribution in [1.82, 2.24) is 13.9 Å². The first kappa shape index (κ1) is 21.7. The van der Waals surface area contributed by atoms with Crippen molar-refractivity contribution in [2.24, 2.45) is 5.73 Å². The Hall–Kier alpha value is -1.58. The molecule has 7 nitrogen and oxygen atoms in total. The van der Waals surface area contributed by atoms with E-state index in [0.717, 1.165) is 24.9 Å². The Bertz CT molecular complexity index is 905. The van der Waals surface area contributed by atoms with Gasteiger partial charge in [-0.1, -0.05) is 39.0 Å². The number of unbranched alkanes of at least 4 members (excludes halogenated alkanes) is 1. The Morgan fingerprint density at radius 2 is 1.96 bits per heavy atom. The predicted octanol–water partition coefficient (Wildman–Crippen LogP) is 2.83. The maximum absolute atomic E-state index is 12.8. The second-order valence-electron chi connectivity index (χ2n) is 6.30. The molecule has 0 radical (unpaired) electrons. The van der Waals surface area contributed by atoms with Crippen molar-refractivity contribution in [3.05, 3.63) is 18.2 Å². The molecule has 2 rings (SSSR count). The van der Waals surface area contributed by atoms with Gasteiger partial charge in [0.1, 0.15) is 0 Å². The van der Waals surface area contributed by atoms with Crippen LogP contribution in [0.1, 0.15) is 40.5 Å². The summed E-state index contributed by atoms with van der Waals surface area (Å²) in [6, 6.07) is 5.05. The summed E-state index contributed by atoms with van der Waals surface area (Å²) < 4.78 is 29.0. The van der Waals surface area contributed by atoms with E-state index < -0.39 is 21.2 Å². The van der Waals surface area contributed by atoms with Gasteiger partial charge in [0, 0.05) is 19.6 Å². The first-order valence-electron chi connectivity index (χ1n) is 9.22. The number of carbonyl (C=O) groups excluding carboxylic acids is 1. The molecule has 0 bridgehead atoms. The molecular weight excluding hydrogens is 384 g/mol. The minimum absolute atomic E-state index is 0.235. The molecule has 2 aromatic rings. The smallest absolute Gasteiger partial charge is 0.243 e. The Morgan fingerprint density at radius 3 is 2.52 bits per heavy atom. The van der Waals surface area contributed by atoms with Gasteiger partial charge in [-0.05, 0) is 31.5 Å². The zero-order chi connectivity index (χ0) is 20.2. The van der Waals surface area contributed by atoms with Crippen LogP contribution in [-0.4, -0.2) is 46.5 Å². The number of aromatic nitrogens is 2. The van der Waals surface area contributed by atoms with Gasteiger partial charge in [0.25, 0.3) is 0 Å². The highest BCUT2D eigenvalue weighted by atomic mass is 32.2. The molecule has 9 heteroatoms. The zero-order valence-corrected chi connectivity index (χ0v) is 17.9. The van der Waals surface area contributed by atoms with E-state index in [1.165, 1.54) is 16.1 Å². The molecule has 0 spiro atoms. The van der Waals surface area contributed by atoms with Crippen molar-refractivity contribution in [3.63, 3.8) is 0 Å². The number of hydrogen-bond acceptors (Lipinski definition) is 5. The minimum atomic E-state index is -3.55. The molecule has 27 heavy (non-hydrogen) atoms. The molecule has 0 fully saturated rings. The number of nitrogens with zero attached hydrogens (tertiary/aromatic N) is 3. The fourth-order valence-corrected chi connectivity index (χ4v) is 5.18. The first-order valence-corrected chi connectivity index (χ1v) is 11.5. The topological polar surface area (TPSA) is 98.3 Å². The number of hydrogen-bond donors (Lipinski definition) is 1. The summed E-state index contributed by atoms with van der Waals surface area (Å²) in [6.07, 6.45) is 1.98. The van der Waals surface area contributed by atoms with Crippen LogP contribution in [0.2, 0.25) is 0 Å². The van der Waals surface area contributed by atoms with Gasteiger partial charge in [-0.25, -0.2) is 13.4 Å². The number of rotatable bonds is 10. The van der Waals surface area contributed by atoms with Crippen LogP contribution in [0.5, 0.6) is 0 Å². The van der Waals surface area contributed by atoms with E-state index in [1.807, 2.05) is 18.4 Å². The predicted molar refractivity (Wildman–Crippen MR) is 109 cm³/mol. The van der Waals surface area contributed by atoms with Gasteiger partial charge in [-0.15, -0.1) is 0 Å². The van der Waals surface area contributed by atoms with Crippen LogP contribution < -0.4 is 5.73 Å². The average molecular weight is 413 g/mol. The van der Waals surface area contributed by atoms with Crippen molar-refractivity contribution in [2.75, 3.05) is 13.1 Å². The van der Waals surface area contributed by atoms with Crippen molar-refractivity contribution >= 4 is 38.7 Å². The maximum atomic E-state index is 12.8. The first-order chi connectivity index (χ1) is 12.8. The zero-order valence-electron chi connectivity index (χ0n) is 16.3. The summed E-state index contributed by atoms with van der Waals surface area (Å²) in [7, 11) is -3.55. The number of fused-ring (bicyclic) bond motifs is 1. The quantitative estimate of drug-likeness (QED) is 0.605. The van der Waals surface area contributed by atoms with Gasteiger partial charge in [0.15, 0.2) is 5.16 Å². The van der Waals surface area contributed by atoms with Gasteiger partial charge in [0.05, 0.1) is 21.2 Å². The number of aryl methyl sites for hydroxylation is 1. The number of sulfonamides is 1. The fraction of sp³-hybridized carbons (Fsp3) is 0.556. The van der Waals surface area contributed by atoms with Crippen LogP contribution in [0, 0.1) is 0 Å². The molecule has 1 aromatic heterocycles. The lowest BCUT2D eigenvalue weighted by atomic mass is 10.3. The SMILES string of the molecule is CCCCn1c(S[C@@H](C)C(N)=O)nc2cc(S(=O)(=O)N(CC)CC)ccc21. The molecule has 0 aliphatic heterocycles. The Kier molecular flexibility index (Phi) is 7.30. The molecule has 1 amide bonds. The van der Waals surface area contributed by atoms with E-state index in [1.54, 1.807) is 25.1 Å². The molecule has 1 atom stereocenters. The van der Waals surface area contributed by atoms with Gasteiger partial charge in [0.2, 0.25) is 15.9 Å². The molecule has 150 valence electrons. The normalized spacial score (nSPS) is 13.4. The van der Waals surface area contributed by atoms with Gasteiger partial charge in [-0.3, -0.25) is 4.79 Å². The standard InChI is InChI=1S/C18H28N4O3S2/c1-5-8-11-22-16-10-9-14(27(24,25)21(6-2)7-3)12-15(16)20-18(22)26-13(4)17(19)23/h9-10,12-13H,5-8,11H2,1-4H3,(H2,19,23)/t13-/m0/s1. The second kappa shape index (κ2) is 9.07. The lowest BCUT2D eigenvalue weighted by Crippen LogP contribution is -2.30. The summed E-state index contributed by atoms with van der Waals surface area (Å²) in [5.74, 6) is -0.404. The lowest BCUT2D eigenvalue weighted by molar-refractivity contribution is -0.117. The summed E-state index contributed by atoms with van der Waals surface area (Å²) in [6.45, 7) is 9.07. The maximum Gasteiger partial charge on any atom is 0.243 e. The van der Waals surface area contributed by atoms with E-state index >= 15 is 0 Å². The Balaban J connectivity index is 2.53. The summed E-state index contributed by atoms with van der Waals surface area (Å²) in [4.78, 5) is 16.3. The van der Waals surface area contributed by atoms with Crippen LogP contribution in [0.25, 0.3) is 11.0 Å².